The van der Waals surface area contributed by atoms with Gasteiger partial charge in [0.2, 0.25) is 0 Å². The van der Waals surface area contributed by atoms with E-state index in [1.165, 1.54) is 0 Å². The number of rotatable bonds is 2. The van der Waals surface area contributed by atoms with Crippen LogP contribution in [0.15, 0.2) is 30.6 Å². The summed E-state index contributed by atoms with van der Waals surface area (Å²) >= 11 is 0. The maximum Gasteiger partial charge on any atom is 0.183 e. The van der Waals surface area contributed by atoms with Crippen LogP contribution in [0.2, 0.25) is 0 Å². The molecule has 1 atom stereocenters. The van der Waals surface area contributed by atoms with Gasteiger partial charge in [-0.15, -0.1) is 0 Å². The summed E-state index contributed by atoms with van der Waals surface area (Å²) in [5, 5.41) is 0. The maximum absolute atomic E-state index is 5.79. The summed E-state index contributed by atoms with van der Waals surface area (Å²) in [6, 6.07) is 7.85. The second-order valence-electron chi connectivity index (χ2n) is 6.14. The first kappa shape index (κ1) is 14.9. The van der Waals surface area contributed by atoms with Gasteiger partial charge in [0.25, 0.3) is 0 Å². The lowest BCUT2D eigenvalue weighted by Crippen LogP contribution is -2.44. The van der Waals surface area contributed by atoms with Crippen LogP contribution in [0.3, 0.4) is 0 Å². The van der Waals surface area contributed by atoms with E-state index in [2.05, 4.69) is 21.8 Å². The molecule has 3 heterocycles. The van der Waals surface area contributed by atoms with Crippen LogP contribution < -0.4 is 10.6 Å². The highest BCUT2D eigenvalue weighted by Gasteiger charge is 2.25. The Kier molecular flexibility index (Phi) is 3.57. The fourth-order valence-corrected chi connectivity index (χ4v) is 3.04. The van der Waals surface area contributed by atoms with Gasteiger partial charge in [0.15, 0.2) is 17.3 Å². The van der Waals surface area contributed by atoms with Crippen LogP contribution in [-0.2, 0) is 11.8 Å². The molecule has 2 aromatic heterocycles. The highest BCUT2D eigenvalue weighted by atomic mass is 16.5. The Hall–Kier alpha value is -2.67. The van der Waals surface area contributed by atoms with E-state index in [-0.39, 0.29) is 6.04 Å². The van der Waals surface area contributed by atoms with E-state index < -0.39 is 0 Å². The Bertz CT molecular complexity index is 873. The standard InChI is InChI=1S/C17H20N6O/c1-11-9-24-8-7-23(11)17-14-16(19-10-22(14)2)20-15(21-17)12-3-5-13(18)6-4-12/h3-6,10-11H,7-9,18H2,1-2H3/t11-/m0/s1. The minimum Gasteiger partial charge on any atom is -0.399 e. The lowest BCUT2D eigenvalue weighted by Gasteiger charge is -2.34. The third-order valence-electron chi connectivity index (χ3n) is 4.36. The monoisotopic (exact) mass is 324 g/mol. The number of hydrogen-bond acceptors (Lipinski definition) is 6. The first-order valence-corrected chi connectivity index (χ1v) is 8.03. The molecule has 1 aliphatic heterocycles. The van der Waals surface area contributed by atoms with E-state index >= 15 is 0 Å². The van der Waals surface area contributed by atoms with Crippen molar-refractivity contribution < 1.29 is 4.74 Å². The fourth-order valence-electron chi connectivity index (χ4n) is 3.04. The van der Waals surface area contributed by atoms with Gasteiger partial charge in [0.1, 0.15) is 5.52 Å². The molecule has 0 aliphatic carbocycles. The quantitative estimate of drug-likeness (QED) is 0.724. The van der Waals surface area contributed by atoms with Crippen LogP contribution >= 0.6 is 0 Å². The molecular formula is C17H20N6O. The summed E-state index contributed by atoms with van der Waals surface area (Å²) in [6.45, 7) is 4.34. The van der Waals surface area contributed by atoms with Gasteiger partial charge < -0.3 is 19.9 Å². The minimum atomic E-state index is 0.256. The van der Waals surface area contributed by atoms with Gasteiger partial charge in [-0.25, -0.2) is 15.0 Å². The number of aryl methyl sites for hydroxylation is 1. The van der Waals surface area contributed by atoms with Crippen LogP contribution in [0.5, 0.6) is 0 Å². The minimum absolute atomic E-state index is 0.256. The molecule has 1 saturated heterocycles. The lowest BCUT2D eigenvalue weighted by molar-refractivity contribution is 0.0986. The van der Waals surface area contributed by atoms with E-state index in [0.29, 0.717) is 24.7 Å². The van der Waals surface area contributed by atoms with Crippen molar-refractivity contribution in [3.05, 3.63) is 30.6 Å². The normalized spacial score (nSPS) is 18.2. The SMILES string of the molecule is C[C@H]1COCCN1c1nc(-c2ccc(N)cc2)nc2ncn(C)c12. The predicted octanol–water partition coefficient (Wildman–Crippen LogP) is 1.84. The van der Waals surface area contributed by atoms with E-state index in [1.807, 2.05) is 35.9 Å². The number of nitrogens with two attached hydrogens (primary N) is 1. The van der Waals surface area contributed by atoms with Crippen molar-refractivity contribution >= 4 is 22.7 Å². The molecule has 0 unspecified atom stereocenters. The van der Waals surface area contributed by atoms with Crippen LogP contribution in [0.4, 0.5) is 11.5 Å². The third kappa shape index (κ3) is 2.46. The molecule has 0 spiro atoms. The van der Waals surface area contributed by atoms with Crippen LogP contribution in [-0.4, -0.2) is 45.3 Å². The number of morpholine rings is 1. The first-order chi connectivity index (χ1) is 11.6. The van der Waals surface area contributed by atoms with Crippen molar-refractivity contribution in [3.63, 3.8) is 0 Å². The summed E-state index contributed by atoms with van der Waals surface area (Å²) in [6.07, 6.45) is 1.78. The molecule has 4 rings (SSSR count). The van der Waals surface area contributed by atoms with Crippen LogP contribution in [0.25, 0.3) is 22.6 Å². The molecule has 24 heavy (non-hydrogen) atoms. The van der Waals surface area contributed by atoms with Gasteiger partial charge in [-0.1, -0.05) is 0 Å². The fraction of sp³-hybridized carbons (Fsp3) is 0.353. The molecule has 124 valence electrons. The maximum atomic E-state index is 5.79. The van der Waals surface area contributed by atoms with Gasteiger partial charge in [-0.05, 0) is 31.2 Å². The van der Waals surface area contributed by atoms with Crippen molar-refractivity contribution in [2.24, 2.45) is 7.05 Å². The van der Waals surface area contributed by atoms with Crippen molar-refractivity contribution in [2.75, 3.05) is 30.4 Å². The molecule has 7 heteroatoms. The van der Waals surface area contributed by atoms with Gasteiger partial charge in [-0.2, -0.15) is 0 Å². The number of benzene rings is 1. The van der Waals surface area contributed by atoms with Crippen molar-refractivity contribution in [1.82, 2.24) is 19.5 Å². The molecule has 0 saturated carbocycles. The van der Waals surface area contributed by atoms with Crippen molar-refractivity contribution in [3.8, 4) is 11.4 Å². The highest BCUT2D eigenvalue weighted by Crippen LogP contribution is 2.29. The summed E-state index contributed by atoms with van der Waals surface area (Å²) < 4.78 is 7.54. The molecule has 3 aromatic rings. The molecular weight excluding hydrogens is 304 g/mol. The third-order valence-corrected chi connectivity index (χ3v) is 4.36. The second-order valence-corrected chi connectivity index (χ2v) is 6.14. The Labute approximate surface area is 140 Å². The molecule has 0 radical (unpaired) electrons. The number of hydrogen-bond donors (Lipinski definition) is 1. The number of fused-ring (bicyclic) bond motifs is 1. The Morgan fingerprint density at radius 2 is 2.00 bits per heavy atom. The molecule has 1 aromatic carbocycles. The summed E-state index contributed by atoms with van der Waals surface area (Å²) in [5.74, 6) is 1.57. The van der Waals surface area contributed by atoms with E-state index in [4.69, 9.17) is 15.5 Å². The molecule has 1 aliphatic rings. The molecule has 0 bridgehead atoms. The smallest absolute Gasteiger partial charge is 0.183 e. The first-order valence-electron chi connectivity index (χ1n) is 8.03. The molecule has 1 fully saturated rings. The molecule has 0 amide bonds. The number of ether oxygens (including phenoxy) is 1. The zero-order chi connectivity index (χ0) is 16.7. The summed E-state index contributed by atoms with van der Waals surface area (Å²) in [7, 11) is 1.97. The van der Waals surface area contributed by atoms with Crippen molar-refractivity contribution in [1.29, 1.82) is 0 Å². The number of anilines is 2. The van der Waals surface area contributed by atoms with Gasteiger partial charge in [0.05, 0.1) is 25.6 Å². The molecule has 2 N–H and O–H groups in total. The van der Waals surface area contributed by atoms with E-state index in [9.17, 15) is 0 Å². The second kappa shape index (κ2) is 5.76. The average Bonchev–Trinajstić information content (AvgIpc) is 2.97. The number of imidazole rings is 1. The summed E-state index contributed by atoms with van der Waals surface area (Å²) in [5.41, 5.74) is 9.09. The number of nitrogen functional groups attached to an aromatic ring is 1. The van der Waals surface area contributed by atoms with E-state index in [0.717, 1.165) is 29.1 Å². The number of nitrogens with zero attached hydrogens (tertiary/aromatic N) is 5. The zero-order valence-corrected chi connectivity index (χ0v) is 13.8. The van der Waals surface area contributed by atoms with Gasteiger partial charge in [0, 0.05) is 24.8 Å². The lowest BCUT2D eigenvalue weighted by atomic mass is 10.2. The largest absolute Gasteiger partial charge is 0.399 e. The van der Waals surface area contributed by atoms with Crippen LogP contribution in [0, 0.1) is 0 Å². The van der Waals surface area contributed by atoms with E-state index in [1.54, 1.807) is 6.33 Å². The highest BCUT2D eigenvalue weighted by molar-refractivity contribution is 5.86. The summed E-state index contributed by atoms with van der Waals surface area (Å²) in [4.78, 5) is 16.2. The Balaban J connectivity index is 1.89. The zero-order valence-electron chi connectivity index (χ0n) is 13.8. The van der Waals surface area contributed by atoms with Crippen molar-refractivity contribution in [2.45, 2.75) is 13.0 Å². The van der Waals surface area contributed by atoms with Crippen LogP contribution in [0.1, 0.15) is 6.92 Å². The Morgan fingerprint density at radius 3 is 2.75 bits per heavy atom. The molecule has 7 nitrogen and oxygen atoms in total. The predicted molar refractivity (Wildman–Crippen MR) is 93.8 cm³/mol. The topological polar surface area (TPSA) is 82.1 Å². The number of aromatic nitrogens is 4. The Morgan fingerprint density at radius 1 is 1.21 bits per heavy atom. The van der Waals surface area contributed by atoms with Gasteiger partial charge in [-0.3, -0.25) is 0 Å². The average molecular weight is 324 g/mol. The van der Waals surface area contributed by atoms with Gasteiger partial charge >= 0.3 is 0 Å².